The number of likely N-dealkylation sites (N-methyl/N-ethyl adjacent to an activating group) is 1. The minimum Gasteiger partial charge on any atom is -0.507 e. The molecule has 7 nitrogen and oxygen atoms in total. The third-order valence-corrected chi connectivity index (χ3v) is 7.36. The summed E-state index contributed by atoms with van der Waals surface area (Å²) in [4.78, 5) is 9.02. The van der Waals surface area contributed by atoms with Crippen LogP contribution in [-0.4, -0.2) is 79.9 Å². The zero-order valence-corrected chi connectivity index (χ0v) is 20.1. The van der Waals surface area contributed by atoms with Crippen LogP contribution in [0.15, 0.2) is 24.3 Å². The van der Waals surface area contributed by atoms with E-state index in [0.717, 1.165) is 6.07 Å². The topological polar surface area (TPSA) is 64.1 Å². The van der Waals surface area contributed by atoms with Gasteiger partial charge in [-0.15, -0.1) is 0 Å². The standard InChI is InChI=1S/C26H28ClF2N5O2/c1-13-9-34-14(8-30-13)10-33-12-15(11-32(2)3)36-26-25(33)24(34)16-7-17(27)20(22(29)23(16)31-26)21-18(28)5-4-6-19(21)35/h4-7,13-15,30,35H,8-12H2,1-3H3/t13-,14-,15-/m1/s1/i2D3,3D3. The van der Waals surface area contributed by atoms with Crippen LogP contribution in [0, 0.1) is 11.6 Å². The summed E-state index contributed by atoms with van der Waals surface area (Å²) in [6.45, 7) is -2.41. The normalized spacial score (nSPS) is 26.2. The molecule has 4 heterocycles. The van der Waals surface area contributed by atoms with Crippen LogP contribution in [0.3, 0.4) is 0 Å². The average molecular weight is 522 g/mol. The molecular weight excluding hydrogens is 488 g/mol. The number of hydrogen-bond acceptors (Lipinski definition) is 7. The number of pyridine rings is 1. The van der Waals surface area contributed by atoms with Gasteiger partial charge in [-0.3, -0.25) is 0 Å². The summed E-state index contributed by atoms with van der Waals surface area (Å²) in [7, 11) is 0. The predicted octanol–water partition coefficient (Wildman–Crippen LogP) is 3.85. The molecule has 0 spiro atoms. The van der Waals surface area contributed by atoms with Gasteiger partial charge in [0.1, 0.15) is 28.9 Å². The van der Waals surface area contributed by atoms with Gasteiger partial charge in [-0.25, -0.2) is 13.8 Å². The van der Waals surface area contributed by atoms with Crippen molar-refractivity contribution in [1.29, 1.82) is 0 Å². The molecule has 0 amide bonds. The van der Waals surface area contributed by atoms with E-state index in [9.17, 15) is 9.50 Å². The van der Waals surface area contributed by atoms with Crippen LogP contribution in [0.25, 0.3) is 22.0 Å². The Bertz CT molecular complexity index is 1540. The van der Waals surface area contributed by atoms with Crippen LogP contribution >= 0.6 is 11.6 Å². The number of benzene rings is 2. The van der Waals surface area contributed by atoms with Crippen molar-refractivity contribution in [3.63, 3.8) is 0 Å². The van der Waals surface area contributed by atoms with Gasteiger partial charge in [0, 0.05) is 51.4 Å². The molecule has 1 fully saturated rings. The number of hydrogen-bond donors (Lipinski definition) is 2. The fraction of sp³-hybridized carbons (Fsp3) is 0.423. The number of nitrogens with zero attached hydrogens (tertiary/aromatic N) is 4. The summed E-state index contributed by atoms with van der Waals surface area (Å²) >= 11 is 6.59. The largest absolute Gasteiger partial charge is 0.507 e. The second-order valence-corrected chi connectivity index (χ2v) is 9.97. The minimum atomic E-state index is -2.92. The molecule has 1 saturated heterocycles. The first kappa shape index (κ1) is 17.6. The maximum atomic E-state index is 16.4. The van der Waals surface area contributed by atoms with Gasteiger partial charge in [0.2, 0.25) is 5.88 Å². The SMILES string of the molecule is [2H]C([2H])([2H])N(C[C@@H]1CN2C[C@H]3CN[C@H](C)CN3c3c2c(nc2c(F)c(-c4c(O)cccc4F)c(Cl)cc32)O1)C([2H])([2H])[2H]. The fourth-order valence-electron chi connectivity index (χ4n) is 5.57. The average Bonchev–Trinajstić information content (AvgIpc) is 2.88. The third kappa shape index (κ3) is 3.64. The van der Waals surface area contributed by atoms with Gasteiger partial charge in [0.05, 0.1) is 28.9 Å². The summed E-state index contributed by atoms with van der Waals surface area (Å²) in [6, 6.07) is 5.14. The van der Waals surface area contributed by atoms with Crippen molar-refractivity contribution in [3.05, 3.63) is 40.9 Å². The van der Waals surface area contributed by atoms with Gasteiger partial charge in [-0.1, -0.05) is 17.7 Å². The second-order valence-electron chi connectivity index (χ2n) is 9.56. The number of anilines is 2. The van der Waals surface area contributed by atoms with Crippen LogP contribution in [-0.2, 0) is 0 Å². The summed E-state index contributed by atoms with van der Waals surface area (Å²) in [6.07, 6.45) is -0.927. The monoisotopic (exact) mass is 521 g/mol. The lowest BCUT2D eigenvalue weighted by molar-refractivity contribution is 0.146. The number of nitrogens with one attached hydrogen (secondary N) is 1. The fourth-order valence-corrected chi connectivity index (χ4v) is 5.86. The van der Waals surface area contributed by atoms with Crippen molar-refractivity contribution in [1.82, 2.24) is 15.2 Å². The van der Waals surface area contributed by atoms with Crippen LogP contribution in [0.2, 0.25) is 5.02 Å². The molecule has 3 aliphatic rings. The van der Waals surface area contributed by atoms with Crippen molar-refractivity contribution in [3.8, 4) is 22.8 Å². The molecule has 3 atom stereocenters. The van der Waals surface area contributed by atoms with Crippen molar-refractivity contribution in [2.24, 2.45) is 0 Å². The number of halogens is 3. The molecule has 0 radical (unpaired) electrons. The number of phenolic OH excluding ortho intramolecular Hbond substituents is 1. The van der Waals surface area contributed by atoms with Crippen LogP contribution < -0.4 is 19.9 Å². The Hall–Kier alpha value is -2.88. The molecule has 2 aromatic carbocycles. The van der Waals surface area contributed by atoms with Gasteiger partial charge in [0.25, 0.3) is 0 Å². The summed E-state index contributed by atoms with van der Waals surface area (Å²) in [5, 5.41) is 14.1. The van der Waals surface area contributed by atoms with Gasteiger partial charge < -0.3 is 29.9 Å². The van der Waals surface area contributed by atoms with E-state index in [1.54, 1.807) is 0 Å². The van der Waals surface area contributed by atoms with Crippen LogP contribution in [0.4, 0.5) is 20.2 Å². The molecule has 3 aliphatic heterocycles. The van der Waals surface area contributed by atoms with Crippen molar-refractivity contribution >= 4 is 33.9 Å². The molecular formula is C26H28ClF2N5O2. The van der Waals surface area contributed by atoms with Crippen molar-refractivity contribution < 1.29 is 26.8 Å². The maximum absolute atomic E-state index is 16.4. The number of aromatic hydroxyl groups is 1. The highest BCUT2D eigenvalue weighted by Gasteiger charge is 2.42. The van der Waals surface area contributed by atoms with E-state index in [4.69, 9.17) is 24.6 Å². The van der Waals surface area contributed by atoms with E-state index in [0.29, 0.717) is 41.3 Å². The third-order valence-electron chi connectivity index (χ3n) is 7.07. The van der Waals surface area contributed by atoms with E-state index < -0.39 is 49.5 Å². The Morgan fingerprint density at radius 3 is 2.86 bits per heavy atom. The first-order valence-electron chi connectivity index (χ1n) is 14.7. The molecule has 190 valence electrons. The lowest BCUT2D eigenvalue weighted by Gasteiger charge is -2.51. The summed E-state index contributed by atoms with van der Waals surface area (Å²) in [5.41, 5.74) is 0.236. The van der Waals surface area contributed by atoms with E-state index in [1.165, 1.54) is 18.2 Å². The predicted molar refractivity (Wildman–Crippen MR) is 138 cm³/mol. The zero-order valence-electron chi connectivity index (χ0n) is 25.4. The van der Waals surface area contributed by atoms with E-state index in [2.05, 4.69) is 15.2 Å². The Kier molecular flexibility index (Phi) is 4.20. The molecule has 10 heteroatoms. The number of rotatable bonds is 3. The number of aromatic nitrogens is 1. The molecule has 1 aromatic heterocycles. The number of piperazine rings is 1. The van der Waals surface area contributed by atoms with E-state index >= 15 is 4.39 Å². The quantitative estimate of drug-likeness (QED) is 0.543. The smallest absolute Gasteiger partial charge is 0.240 e. The lowest BCUT2D eigenvalue weighted by Crippen LogP contribution is -2.63. The molecule has 0 bridgehead atoms. The highest BCUT2D eigenvalue weighted by atomic mass is 35.5. The second kappa shape index (κ2) is 8.61. The number of ether oxygens (including phenoxy) is 1. The van der Waals surface area contributed by atoms with Crippen LogP contribution in [0.5, 0.6) is 11.6 Å². The highest BCUT2D eigenvalue weighted by molar-refractivity contribution is 6.34. The molecule has 36 heavy (non-hydrogen) atoms. The van der Waals surface area contributed by atoms with Gasteiger partial charge in [-0.05, 0) is 39.1 Å². The van der Waals surface area contributed by atoms with Crippen molar-refractivity contribution in [2.75, 3.05) is 56.5 Å². The first-order valence-corrected chi connectivity index (χ1v) is 12.1. The Morgan fingerprint density at radius 1 is 1.25 bits per heavy atom. The molecule has 0 saturated carbocycles. The molecule has 0 unspecified atom stereocenters. The summed E-state index contributed by atoms with van der Waals surface area (Å²) in [5.74, 6) is -2.34. The van der Waals surface area contributed by atoms with Crippen LogP contribution in [0.1, 0.15) is 15.1 Å². The molecule has 2 N–H and O–H groups in total. The Balaban J connectivity index is 1.55. The number of fused-ring (bicyclic) bond motifs is 4. The summed E-state index contributed by atoms with van der Waals surface area (Å²) < 4.78 is 84.0. The molecule has 3 aromatic rings. The molecule has 6 rings (SSSR count). The van der Waals surface area contributed by atoms with Gasteiger partial charge in [0.15, 0.2) is 5.82 Å². The Labute approximate surface area is 221 Å². The van der Waals surface area contributed by atoms with E-state index in [-0.39, 0.29) is 40.6 Å². The molecule has 0 aliphatic carbocycles. The maximum Gasteiger partial charge on any atom is 0.240 e. The Morgan fingerprint density at radius 2 is 2.08 bits per heavy atom. The van der Waals surface area contributed by atoms with E-state index in [1.807, 2.05) is 11.8 Å². The first-order chi connectivity index (χ1) is 19.6. The highest BCUT2D eigenvalue weighted by Crippen LogP contribution is 2.51. The van der Waals surface area contributed by atoms with Crippen molar-refractivity contribution in [2.45, 2.75) is 25.1 Å². The number of phenols is 1. The minimum absolute atomic E-state index is 0.000604. The lowest BCUT2D eigenvalue weighted by atomic mass is 9.96. The van der Waals surface area contributed by atoms with Gasteiger partial charge >= 0.3 is 0 Å². The zero-order chi connectivity index (χ0) is 30.3. The van der Waals surface area contributed by atoms with Gasteiger partial charge in [-0.2, -0.15) is 0 Å².